The summed E-state index contributed by atoms with van der Waals surface area (Å²) in [5, 5.41) is 0.919. The first-order chi connectivity index (χ1) is 12.9. The molecule has 138 valence electrons. The molecule has 1 aromatic heterocycles. The Balaban J connectivity index is 1.69. The summed E-state index contributed by atoms with van der Waals surface area (Å²) in [5.41, 5.74) is 8.80. The fraction of sp³-hybridized carbons (Fsp3) is 0.238. The van der Waals surface area contributed by atoms with Crippen molar-refractivity contribution in [3.8, 4) is 16.9 Å². The number of hydrogen-bond acceptors (Lipinski definition) is 3. The molecule has 0 radical (unpaired) electrons. The quantitative estimate of drug-likeness (QED) is 0.547. The van der Waals surface area contributed by atoms with Crippen molar-refractivity contribution in [1.29, 1.82) is 0 Å². The van der Waals surface area contributed by atoms with E-state index in [-0.39, 0.29) is 24.1 Å². The van der Waals surface area contributed by atoms with E-state index in [1.54, 1.807) is 12.1 Å². The van der Waals surface area contributed by atoms with Crippen LogP contribution < -0.4 is 10.5 Å². The van der Waals surface area contributed by atoms with Gasteiger partial charge in [0.25, 0.3) is 0 Å². The number of fused-ring (bicyclic) bond motifs is 2. The molecule has 1 aliphatic heterocycles. The first-order valence-corrected chi connectivity index (χ1v) is 8.82. The third kappa shape index (κ3) is 3.18. The summed E-state index contributed by atoms with van der Waals surface area (Å²) in [6.07, 6.45) is 2.48. The molecule has 0 aliphatic carbocycles. The van der Waals surface area contributed by atoms with Gasteiger partial charge in [0.05, 0.1) is 5.92 Å². The number of benzene rings is 2. The molecule has 4 rings (SSSR count). The number of amides is 1. The van der Waals surface area contributed by atoms with Crippen LogP contribution in [0.15, 0.2) is 42.6 Å². The van der Waals surface area contributed by atoms with Crippen molar-refractivity contribution in [2.75, 3.05) is 0 Å². The highest BCUT2D eigenvalue weighted by molar-refractivity contribution is 5.96. The lowest BCUT2D eigenvalue weighted by Gasteiger charge is -2.27. The summed E-state index contributed by atoms with van der Waals surface area (Å²) in [7, 11) is 0. The fourth-order valence-electron chi connectivity index (χ4n) is 3.74. The van der Waals surface area contributed by atoms with Gasteiger partial charge in [0, 0.05) is 29.1 Å². The predicted molar refractivity (Wildman–Crippen MR) is 99.5 cm³/mol. The zero-order valence-corrected chi connectivity index (χ0v) is 14.8. The maximum absolute atomic E-state index is 13.4. The van der Waals surface area contributed by atoms with Gasteiger partial charge in [0.1, 0.15) is 11.6 Å². The maximum Gasteiger partial charge on any atom is 0.314 e. The molecule has 2 atom stereocenters. The number of aromatic nitrogens is 1. The van der Waals surface area contributed by atoms with Crippen LogP contribution in [0.4, 0.5) is 4.39 Å². The van der Waals surface area contributed by atoms with Crippen molar-refractivity contribution < 1.29 is 18.7 Å². The topological polar surface area (TPSA) is 85.2 Å². The van der Waals surface area contributed by atoms with Crippen LogP contribution in [0, 0.1) is 17.7 Å². The minimum atomic E-state index is -0.430. The molecule has 3 aromatic rings. The Morgan fingerprint density at radius 3 is 2.93 bits per heavy atom. The number of rotatable bonds is 4. The highest BCUT2D eigenvalue weighted by atomic mass is 19.1. The number of nitrogens with two attached hydrogens (primary N) is 1. The number of carbonyl (C=O) groups is 2. The molecule has 0 saturated heterocycles. The van der Waals surface area contributed by atoms with Gasteiger partial charge in [-0.05, 0) is 53.8 Å². The second-order valence-corrected chi connectivity index (χ2v) is 7.09. The van der Waals surface area contributed by atoms with Crippen molar-refractivity contribution in [3.63, 3.8) is 0 Å². The van der Waals surface area contributed by atoms with E-state index in [9.17, 15) is 14.0 Å². The minimum Gasteiger partial charge on any atom is -0.426 e. The zero-order chi connectivity index (χ0) is 19.1. The number of halogens is 1. The average molecular weight is 366 g/mol. The molecule has 2 aromatic carbocycles. The molecule has 27 heavy (non-hydrogen) atoms. The van der Waals surface area contributed by atoms with E-state index in [2.05, 4.69) is 4.98 Å². The monoisotopic (exact) mass is 366 g/mol. The average Bonchev–Trinajstić information content (AvgIpc) is 3.03. The predicted octanol–water partition coefficient (Wildman–Crippen LogP) is 3.56. The van der Waals surface area contributed by atoms with Gasteiger partial charge < -0.3 is 15.5 Å². The third-order valence-corrected chi connectivity index (χ3v) is 5.18. The summed E-state index contributed by atoms with van der Waals surface area (Å²) >= 11 is 0. The number of hydrogen-bond donors (Lipinski definition) is 2. The smallest absolute Gasteiger partial charge is 0.314 e. The van der Waals surface area contributed by atoms with Crippen molar-refractivity contribution in [2.45, 2.75) is 19.8 Å². The second kappa shape index (κ2) is 6.54. The standard InChI is InChI=1S/C21H19FN2O3/c1-11(6-20(23)25)16-8-13-7-12(2-5-19(13)27-21(16)26)17-10-24-18-9-14(22)3-4-15(17)18/h2-5,7,9-11,16,24H,6,8H2,1H3,(H2,23,25). The largest absolute Gasteiger partial charge is 0.426 e. The second-order valence-electron chi connectivity index (χ2n) is 7.09. The van der Waals surface area contributed by atoms with Crippen molar-refractivity contribution in [2.24, 2.45) is 17.6 Å². The van der Waals surface area contributed by atoms with Gasteiger partial charge in [-0.15, -0.1) is 0 Å². The van der Waals surface area contributed by atoms with Gasteiger partial charge in [-0.25, -0.2) is 4.39 Å². The summed E-state index contributed by atoms with van der Waals surface area (Å²) in [6, 6.07) is 10.3. The van der Waals surface area contributed by atoms with E-state index in [1.807, 2.05) is 25.3 Å². The molecule has 2 unspecified atom stereocenters. The van der Waals surface area contributed by atoms with E-state index in [4.69, 9.17) is 10.5 Å². The number of nitrogens with one attached hydrogen (secondary N) is 1. The van der Waals surface area contributed by atoms with E-state index in [0.717, 1.165) is 27.6 Å². The number of aromatic amines is 1. The molecule has 1 aliphatic rings. The SMILES string of the molecule is CC(CC(N)=O)C1Cc2cc(-c3c[nH]c4cc(F)ccc34)ccc2OC1=O. The van der Waals surface area contributed by atoms with E-state index in [1.165, 1.54) is 12.1 Å². The molecule has 0 spiro atoms. The minimum absolute atomic E-state index is 0.142. The Labute approximate surface area is 155 Å². The zero-order valence-electron chi connectivity index (χ0n) is 14.8. The lowest BCUT2D eigenvalue weighted by Crippen LogP contribution is -2.34. The highest BCUT2D eigenvalue weighted by Gasteiger charge is 2.33. The fourth-order valence-corrected chi connectivity index (χ4v) is 3.74. The van der Waals surface area contributed by atoms with E-state index in [0.29, 0.717) is 12.2 Å². The van der Waals surface area contributed by atoms with Crippen molar-refractivity contribution in [3.05, 3.63) is 54.0 Å². The van der Waals surface area contributed by atoms with Gasteiger partial charge in [0.15, 0.2) is 0 Å². The Bertz CT molecular complexity index is 1060. The Morgan fingerprint density at radius 2 is 2.15 bits per heavy atom. The summed E-state index contributed by atoms with van der Waals surface area (Å²) in [6.45, 7) is 1.83. The molecular formula is C21H19FN2O3. The normalized spacial score (nSPS) is 17.4. The lowest BCUT2D eigenvalue weighted by molar-refractivity contribution is -0.142. The molecule has 5 nitrogen and oxygen atoms in total. The van der Waals surface area contributed by atoms with Gasteiger partial charge in [-0.2, -0.15) is 0 Å². The Morgan fingerprint density at radius 1 is 1.33 bits per heavy atom. The van der Waals surface area contributed by atoms with Crippen LogP contribution in [0.25, 0.3) is 22.0 Å². The number of H-pyrrole nitrogens is 1. The van der Waals surface area contributed by atoms with Gasteiger partial charge in [-0.1, -0.05) is 13.0 Å². The molecule has 2 heterocycles. The highest BCUT2D eigenvalue weighted by Crippen LogP contribution is 2.37. The molecule has 3 N–H and O–H groups in total. The van der Waals surface area contributed by atoms with E-state index < -0.39 is 11.8 Å². The van der Waals surface area contributed by atoms with Crippen LogP contribution in [0.2, 0.25) is 0 Å². The van der Waals surface area contributed by atoms with Crippen LogP contribution in [0.3, 0.4) is 0 Å². The van der Waals surface area contributed by atoms with Crippen LogP contribution in [0.1, 0.15) is 18.9 Å². The van der Waals surface area contributed by atoms with Gasteiger partial charge in [0.2, 0.25) is 5.91 Å². The first kappa shape index (κ1) is 17.3. The number of primary amides is 1. The van der Waals surface area contributed by atoms with E-state index >= 15 is 0 Å². The molecule has 0 fully saturated rings. The number of esters is 1. The Kier molecular flexibility index (Phi) is 4.18. The lowest BCUT2D eigenvalue weighted by atomic mass is 9.83. The van der Waals surface area contributed by atoms with Crippen molar-refractivity contribution >= 4 is 22.8 Å². The van der Waals surface area contributed by atoms with Crippen molar-refractivity contribution in [1.82, 2.24) is 4.98 Å². The van der Waals surface area contributed by atoms with Crippen LogP contribution >= 0.6 is 0 Å². The van der Waals surface area contributed by atoms with Crippen LogP contribution in [-0.4, -0.2) is 16.9 Å². The summed E-state index contributed by atoms with van der Waals surface area (Å²) < 4.78 is 18.9. The first-order valence-electron chi connectivity index (χ1n) is 8.82. The third-order valence-electron chi connectivity index (χ3n) is 5.18. The number of ether oxygens (including phenoxy) is 1. The molecule has 0 saturated carbocycles. The number of carbonyl (C=O) groups excluding carboxylic acids is 2. The summed E-state index contributed by atoms with van der Waals surface area (Å²) in [4.78, 5) is 26.6. The Hall–Kier alpha value is -3.15. The van der Waals surface area contributed by atoms with Gasteiger partial charge >= 0.3 is 5.97 Å². The molecular weight excluding hydrogens is 347 g/mol. The molecule has 1 amide bonds. The van der Waals surface area contributed by atoms with Crippen LogP contribution in [0.5, 0.6) is 5.75 Å². The molecule has 6 heteroatoms. The summed E-state index contributed by atoms with van der Waals surface area (Å²) in [5.74, 6) is -1.11. The van der Waals surface area contributed by atoms with Gasteiger partial charge in [-0.3, -0.25) is 9.59 Å². The molecule has 0 bridgehead atoms. The maximum atomic E-state index is 13.4. The van der Waals surface area contributed by atoms with Crippen LogP contribution in [-0.2, 0) is 16.0 Å².